The largest absolute Gasteiger partial charge is 0.457 e. The normalized spacial score (nSPS) is 10.4. The summed E-state index contributed by atoms with van der Waals surface area (Å²) in [6.45, 7) is 6.55. The van der Waals surface area contributed by atoms with E-state index in [1.165, 1.54) is 37.6 Å². The number of hydrogen-bond acceptors (Lipinski definition) is 6. The maximum Gasteiger partial charge on any atom is 0.308 e. The fourth-order valence-electron chi connectivity index (χ4n) is 3.03. The highest BCUT2D eigenvalue weighted by atomic mass is 16.6. The van der Waals surface area contributed by atoms with E-state index in [9.17, 15) is 14.4 Å². The Labute approximate surface area is 186 Å². The van der Waals surface area contributed by atoms with E-state index in [2.05, 4.69) is 0 Å². The second kappa shape index (κ2) is 9.92. The molecule has 0 radical (unpaired) electrons. The summed E-state index contributed by atoms with van der Waals surface area (Å²) in [4.78, 5) is 35.4. The first-order valence-corrected chi connectivity index (χ1v) is 10.1. The standard InChI is InChI=1S/C26H24O6/c1-16-5-9-23(13-17(16)2)32-22-10-6-20(7-11-22)14-24(29)21-8-12-25(30-18(3)27)26(15-21)31-19(4)28/h5-13,15H,14H2,1-4H3. The number of hydrogen-bond donors (Lipinski definition) is 0. The molecule has 3 rings (SSSR count). The fraction of sp³-hybridized carbons (Fsp3) is 0.192. The average molecular weight is 432 g/mol. The molecule has 0 aromatic heterocycles. The Hall–Kier alpha value is -3.93. The van der Waals surface area contributed by atoms with Crippen molar-refractivity contribution in [2.24, 2.45) is 0 Å². The number of carbonyl (C=O) groups is 3. The molecule has 3 aromatic carbocycles. The zero-order valence-corrected chi connectivity index (χ0v) is 18.4. The summed E-state index contributed by atoms with van der Waals surface area (Å²) in [7, 11) is 0. The minimum atomic E-state index is -0.581. The molecule has 6 heteroatoms. The molecule has 0 heterocycles. The third-order valence-corrected chi connectivity index (χ3v) is 4.78. The zero-order valence-electron chi connectivity index (χ0n) is 18.4. The third kappa shape index (κ3) is 6.04. The van der Waals surface area contributed by atoms with Crippen LogP contribution < -0.4 is 14.2 Å². The lowest BCUT2D eigenvalue weighted by Gasteiger charge is -2.11. The number of carbonyl (C=O) groups excluding carboxylic acids is 3. The summed E-state index contributed by atoms with van der Waals surface area (Å²) in [5, 5.41) is 0. The van der Waals surface area contributed by atoms with E-state index in [0.29, 0.717) is 11.3 Å². The highest BCUT2D eigenvalue weighted by Gasteiger charge is 2.15. The minimum Gasteiger partial charge on any atom is -0.457 e. The van der Waals surface area contributed by atoms with Crippen LogP contribution >= 0.6 is 0 Å². The molecule has 0 aliphatic heterocycles. The average Bonchev–Trinajstić information content (AvgIpc) is 2.72. The van der Waals surface area contributed by atoms with E-state index in [4.69, 9.17) is 14.2 Å². The summed E-state index contributed by atoms with van der Waals surface area (Å²) in [5.74, 6) is 0.224. The van der Waals surface area contributed by atoms with Crippen molar-refractivity contribution in [3.63, 3.8) is 0 Å². The van der Waals surface area contributed by atoms with Gasteiger partial charge in [-0.3, -0.25) is 14.4 Å². The summed E-state index contributed by atoms with van der Waals surface area (Å²) in [6, 6.07) is 17.6. The Morgan fingerprint density at radius 2 is 1.31 bits per heavy atom. The molecule has 0 aliphatic rings. The SMILES string of the molecule is CC(=O)Oc1ccc(C(=O)Cc2ccc(Oc3ccc(C)c(C)c3)cc2)cc1OC(C)=O. The van der Waals surface area contributed by atoms with Crippen LogP contribution in [0.2, 0.25) is 0 Å². The molecule has 164 valence electrons. The van der Waals surface area contributed by atoms with Gasteiger partial charge in [0.15, 0.2) is 17.3 Å². The van der Waals surface area contributed by atoms with Crippen molar-refractivity contribution in [3.05, 3.63) is 82.9 Å². The monoisotopic (exact) mass is 432 g/mol. The Morgan fingerprint density at radius 1 is 0.688 bits per heavy atom. The molecule has 0 amide bonds. The van der Waals surface area contributed by atoms with Gasteiger partial charge in [-0.15, -0.1) is 0 Å². The predicted molar refractivity (Wildman–Crippen MR) is 120 cm³/mol. The predicted octanol–water partition coefficient (Wildman–Crippen LogP) is 5.37. The number of esters is 2. The summed E-state index contributed by atoms with van der Waals surface area (Å²) in [5.41, 5.74) is 3.50. The molecule has 32 heavy (non-hydrogen) atoms. The van der Waals surface area contributed by atoms with Gasteiger partial charge in [-0.2, -0.15) is 0 Å². The highest BCUT2D eigenvalue weighted by Crippen LogP contribution is 2.30. The minimum absolute atomic E-state index is 0.0238. The number of Topliss-reactive ketones (excluding diaryl/α,β-unsaturated/α-hetero) is 1. The van der Waals surface area contributed by atoms with Crippen molar-refractivity contribution < 1.29 is 28.6 Å². The van der Waals surface area contributed by atoms with Crippen molar-refractivity contribution in [1.82, 2.24) is 0 Å². The summed E-state index contributed by atoms with van der Waals surface area (Å²) < 4.78 is 16.0. The number of ether oxygens (including phenoxy) is 3. The first-order valence-electron chi connectivity index (χ1n) is 10.1. The lowest BCUT2D eigenvalue weighted by Crippen LogP contribution is -2.09. The fourth-order valence-corrected chi connectivity index (χ4v) is 3.03. The lowest BCUT2D eigenvalue weighted by atomic mass is 10.0. The van der Waals surface area contributed by atoms with Crippen molar-refractivity contribution in [3.8, 4) is 23.0 Å². The van der Waals surface area contributed by atoms with Crippen LogP contribution in [0.15, 0.2) is 60.7 Å². The van der Waals surface area contributed by atoms with Crippen molar-refractivity contribution in [2.75, 3.05) is 0 Å². The van der Waals surface area contributed by atoms with Crippen molar-refractivity contribution >= 4 is 17.7 Å². The number of rotatable bonds is 7. The van der Waals surface area contributed by atoms with Crippen LogP contribution in [0.1, 0.15) is 40.9 Å². The molecular weight excluding hydrogens is 408 g/mol. The maximum absolute atomic E-state index is 12.8. The first-order chi connectivity index (χ1) is 15.2. The quantitative estimate of drug-likeness (QED) is 0.284. The molecule has 0 atom stereocenters. The van der Waals surface area contributed by atoms with Crippen molar-refractivity contribution in [1.29, 1.82) is 0 Å². The molecule has 0 spiro atoms. The molecule has 0 saturated heterocycles. The number of ketones is 1. The molecule has 0 saturated carbocycles. The van der Waals surface area contributed by atoms with E-state index in [0.717, 1.165) is 16.9 Å². The van der Waals surface area contributed by atoms with Gasteiger partial charge in [-0.1, -0.05) is 18.2 Å². The van der Waals surface area contributed by atoms with Crippen LogP contribution in [0, 0.1) is 13.8 Å². The Morgan fingerprint density at radius 3 is 1.94 bits per heavy atom. The van der Waals surface area contributed by atoms with E-state index < -0.39 is 11.9 Å². The summed E-state index contributed by atoms with van der Waals surface area (Å²) >= 11 is 0. The smallest absolute Gasteiger partial charge is 0.308 e. The highest BCUT2D eigenvalue weighted by molar-refractivity contribution is 5.98. The first kappa shape index (κ1) is 22.7. The van der Waals surface area contributed by atoms with Crippen LogP contribution in [-0.4, -0.2) is 17.7 Å². The number of aryl methyl sites for hydroxylation is 2. The molecule has 0 unspecified atom stereocenters. The Bertz CT molecular complexity index is 1160. The van der Waals surface area contributed by atoms with Crippen LogP contribution in [0.4, 0.5) is 0 Å². The van der Waals surface area contributed by atoms with Gasteiger partial charge in [0.25, 0.3) is 0 Å². The molecular formula is C26H24O6. The number of benzene rings is 3. The molecule has 0 aliphatic carbocycles. The van der Waals surface area contributed by atoms with Gasteiger partial charge in [0, 0.05) is 25.8 Å². The van der Waals surface area contributed by atoms with Crippen LogP contribution in [0.3, 0.4) is 0 Å². The molecule has 6 nitrogen and oxygen atoms in total. The molecule has 3 aromatic rings. The van der Waals surface area contributed by atoms with E-state index >= 15 is 0 Å². The molecule has 0 fully saturated rings. The Kier molecular flexibility index (Phi) is 7.05. The maximum atomic E-state index is 12.8. The van der Waals surface area contributed by atoms with Crippen LogP contribution in [-0.2, 0) is 16.0 Å². The topological polar surface area (TPSA) is 78.9 Å². The van der Waals surface area contributed by atoms with Gasteiger partial charge >= 0.3 is 11.9 Å². The van der Waals surface area contributed by atoms with E-state index in [-0.39, 0.29) is 23.7 Å². The van der Waals surface area contributed by atoms with Gasteiger partial charge in [-0.25, -0.2) is 0 Å². The molecule has 0 N–H and O–H groups in total. The van der Waals surface area contributed by atoms with Gasteiger partial charge in [0.05, 0.1) is 0 Å². The third-order valence-electron chi connectivity index (χ3n) is 4.78. The van der Waals surface area contributed by atoms with Crippen LogP contribution in [0.5, 0.6) is 23.0 Å². The van der Waals surface area contributed by atoms with E-state index in [1.807, 2.05) is 56.3 Å². The van der Waals surface area contributed by atoms with Gasteiger partial charge in [0.2, 0.25) is 0 Å². The van der Waals surface area contributed by atoms with E-state index in [1.54, 1.807) is 0 Å². The lowest BCUT2D eigenvalue weighted by molar-refractivity contribution is -0.134. The second-order valence-corrected chi connectivity index (χ2v) is 7.44. The molecule has 0 bridgehead atoms. The zero-order chi connectivity index (χ0) is 23.3. The van der Waals surface area contributed by atoms with Crippen molar-refractivity contribution in [2.45, 2.75) is 34.1 Å². The van der Waals surface area contributed by atoms with Crippen LogP contribution in [0.25, 0.3) is 0 Å². The summed E-state index contributed by atoms with van der Waals surface area (Å²) in [6.07, 6.45) is 0.149. The van der Waals surface area contributed by atoms with Gasteiger partial charge in [-0.05, 0) is 73.0 Å². The van der Waals surface area contributed by atoms with Gasteiger partial charge < -0.3 is 14.2 Å². The van der Waals surface area contributed by atoms with Gasteiger partial charge in [0.1, 0.15) is 11.5 Å². The Balaban J connectivity index is 1.71. The second-order valence-electron chi connectivity index (χ2n) is 7.44.